The molecule has 0 spiro atoms. The Morgan fingerprint density at radius 1 is 1.00 bits per heavy atom. The maximum atomic E-state index is 12.8. The molecule has 2 aromatic rings. The fourth-order valence-electron chi connectivity index (χ4n) is 2.43. The van der Waals surface area contributed by atoms with Crippen molar-refractivity contribution < 1.29 is 40.1 Å². The van der Waals surface area contributed by atoms with Crippen molar-refractivity contribution in [1.29, 1.82) is 0 Å². The van der Waals surface area contributed by atoms with E-state index < -0.39 is 44.7 Å². The minimum Gasteiger partial charge on any atom is -0.482 e. The van der Waals surface area contributed by atoms with Crippen LogP contribution in [0.4, 0.5) is 5.69 Å². The fourth-order valence-corrected chi connectivity index (χ4v) is 4.26. The molecular formula is C20H23BrN2O9S2. The molecule has 0 saturated carbocycles. The first kappa shape index (κ1) is 27.7. The largest absolute Gasteiger partial charge is 0.482 e. The molecule has 0 unspecified atom stereocenters. The second-order valence-corrected chi connectivity index (χ2v) is 11.0. The van der Waals surface area contributed by atoms with E-state index >= 15 is 0 Å². The lowest BCUT2D eigenvalue weighted by Gasteiger charge is -2.18. The quantitative estimate of drug-likeness (QED) is 0.282. The van der Waals surface area contributed by atoms with Crippen LogP contribution in [0.15, 0.2) is 57.9 Å². The number of hydrogen-bond donors (Lipinski definition) is 2. The smallest absolute Gasteiger partial charge is 0.344 e. The van der Waals surface area contributed by atoms with Crippen molar-refractivity contribution in [3.63, 3.8) is 0 Å². The molecule has 2 N–H and O–H groups in total. The molecule has 0 aliphatic carbocycles. The molecular weight excluding hydrogens is 556 g/mol. The van der Waals surface area contributed by atoms with E-state index in [-0.39, 0.29) is 23.8 Å². The van der Waals surface area contributed by atoms with Crippen molar-refractivity contribution in [3.8, 4) is 5.75 Å². The first-order valence-electron chi connectivity index (χ1n) is 9.71. The van der Waals surface area contributed by atoms with Gasteiger partial charge >= 0.3 is 5.97 Å². The van der Waals surface area contributed by atoms with Gasteiger partial charge in [0, 0.05) is 10.2 Å². The number of halogens is 1. The number of nitrogens with one attached hydrogen (secondary N) is 2. The third-order valence-electron chi connectivity index (χ3n) is 3.97. The van der Waals surface area contributed by atoms with E-state index in [1.165, 1.54) is 48.5 Å². The summed E-state index contributed by atoms with van der Waals surface area (Å²) in [6.07, 6.45) is 0.778. The van der Waals surface area contributed by atoms with Crippen molar-refractivity contribution in [2.45, 2.75) is 17.9 Å². The third-order valence-corrected chi connectivity index (χ3v) is 6.55. The summed E-state index contributed by atoms with van der Waals surface area (Å²) in [4.78, 5) is 24.0. The van der Waals surface area contributed by atoms with Crippen LogP contribution in [0.3, 0.4) is 0 Å². The van der Waals surface area contributed by atoms with Gasteiger partial charge in [0.15, 0.2) is 6.61 Å². The lowest BCUT2D eigenvalue weighted by atomic mass is 10.2. The van der Waals surface area contributed by atoms with Crippen LogP contribution in [-0.2, 0) is 38.7 Å². The maximum absolute atomic E-state index is 12.8. The second-order valence-electron chi connectivity index (χ2n) is 6.72. The van der Waals surface area contributed by atoms with Gasteiger partial charge in [-0.15, -0.1) is 0 Å². The number of benzene rings is 2. The van der Waals surface area contributed by atoms with Gasteiger partial charge < -0.3 is 14.8 Å². The van der Waals surface area contributed by atoms with Gasteiger partial charge in [-0.2, -0.15) is 13.1 Å². The molecule has 1 atom stereocenters. The number of hydrogen-bond acceptors (Lipinski definition) is 9. The van der Waals surface area contributed by atoms with E-state index in [1.54, 1.807) is 6.92 Å². The van der Waals surface area contributed by atoms with Gasteiger partial charge in [-0.1, -0.05) is 15.9 Å². The van der Waals surface area contributed by atoms with Crippen LogP contribution in [0.2, 0.25) is 0 Å². The fraction of sp³-hybridized carbons (Fsp3) is 0.300. The normalized spacial score (nSPS) is 12.6. The Labute approximate surface area is 206 Å². The van der Waals surface area contributed by atoms with E-state index in [0.717, 1.165) is 6.26 Å². The van der Waals surface area contributed by atoms with Crippen molar-refractivity contribution in [2.24, 2.45) is 0 Å². The number of carbonyl (C=O) groups excluding carboxylic acids is 2. The minimum absolute atomic E-state index is 0.129. The standard InChI is InChI=1S/C20H23BrN2O9S2/c1-3-30-19(24)13-31-16-8-6-15(7-9-16)22-20(25)18(12-32-33(2,26)27)23-34(28,29)17-10-4-14(21)5-11-17/h4-11,18,23H,3,12-13H2,1-2H3,(H,22,25)/t18-/m0/s1. The van der Waals surface area contributed by atoms with E-state index in [0.29, 0.717) is 10.2 Å². The first-order chi connectivity index (χ1) is 15.9. The molecule has 0 radical (unpaired) electrons. The van der Waals surface area contributed by atoms with Crippen LogP contribution in [0.5, 0.6) is 5.75 Å². The summed E-state index contributed by atoms with van der Waals surface area (Å²) in [6, 6.07) is 9.92. The molecule has 0 aliphatic heterocycles. The molecule has 11 nitrogen and oxygen atoms in total. The van der Waals surface area contributed by atoms with Gasteiger partial charge in [-0.05, 0) is 55.5 Å². The summed E-state index contributed by atoms with van der Waals surface area (Å²) >= 11 is 3.20. The number of anilines is 1. The van der Waals surface area contributed by atoms with Crippen LogP contribution in [0.25, 0.3) is 0 Å². The third kappa shape index (κ3) is 9.38. The lowest BCUT2D eigenvalue weighted by molar-refractivity contribution is -0.145. The molecule has 0 saturated heterocycles. The lowest BCUT2D eigenvalue weighted by Crippen LogP contribution is -2.47. The summed E-state index contributed by atoms with van der Waals surface area (Å²) in [5.74, 6) is -1.06. The Kier molecular flexibility index (Phi) is 10.00. The molecule has 1 amide bonds. The van der Waals surface area contributed by atoms with Gasteiger partial charge in [-0.25, -0.2) is 13.2 Å². The number of amides is 1. The minimum atomic E-state index is -4.18. The Morgan fingerprint density at radius 2 is 1.62 bits per heavy atom. The highest BCUT2D eigenvalue weighted by Gasteiger charge is 2.27. The van der Waals surface area contributed by atoms with Crippen LogP contribution in [-0.4, -0.2) is 60.8 Å². The van der Waals surface area contributed by atoms with Gasteiger partial charge in [-0.3, -0.25) is 8.98 Å². The van der Waals surface area contributed by atoms with Crippen molar-refractivity contribution in [1.82, 2.24) is 4.72 Å². The highest BCUT2D eigenvalue weighted by atomic mass is 79.9. The van der Waals surface area contributed by atoms with E-state index in [1.807, 2.05) is 0 Å². The van der Waals surface area contributed by atoms with Gasteiger partial charge in [0.2, 0.25) is 15.9 Å². The molecule has 2 rings (SSSR count). The summed E-state index contributed by atoms with van der Waals surface area (Å²) in [6.45, 7) is 0.842. The highest BCUT2D eigenvalue weighted by Crippen LogP contribution is 2.18. The molecule has 186 valence electrons. The van der Waals surface area contributed by atoms with E-state index in [4.69, 9.17) is 9.47 Å². The molecule has 0 aliphatic rings. The Bertz CT molecular complexity index is 1200. The second kappa shape index (κ2) is 12.3. The van der Waals surface area contributed by atoms with Crippen molar-refractivity contribution >= 4 is 53.6 Å². The Morgan fingerprint density at radius 3 is 2.18 bits per heavy atom. The predicted molar refractivity (Wildman–Crippen MR) is 126 cm³/mol. The molecule has 0 bridgehead atoms. The molecule has 0 fully saturated rings. The summed E-state index contributed by atoms with van der Waals surface area (Å²) in [7, 11) is -8.13. The number of esters is 1. The number of carbonyl (C=O) groups is 2. The van der Waals surface area contributed by atoms with Crippen LogP contribution in [0.1, 0.15) is 6.92 Å². The van der Waals surface area contributed by atoms with Crippen LogP contribution >= 0.6 is 15.9 Å². The maximum Gasteiger partial charge on any atom is 0.344 e. The molecule has 14 heteroatoms. The van der Waals surface area contributed by atoms with Gasteiger partial charge in [0.25, 0.3) is 10.1 Å². The predicted octanol–water partition coefficient (Wildman–Crippen LogP) is 1.65. The number of sulfonamides is 1. The SMILES string of the molecule is CCOC(=O)COc1ccc(NC(=O)[C@H](COS(C)(=O)=O)NS(=O)(=O)c2ccc(Br)cc2)cc1. The van der Waals surface area contributed by atoms with Gasteiger partial charge in [0.05, 0.1) is 24.4 Å². The summed E-state index contributed by atoms with van der Waals surface area (Å²) < 4.78 is 65.6. The first-order valence-corrected chi connectivity index (χ1v) is 13.8. The zero-order valence-corrected chi connectivity index (χ0v) is 21.4. The summed E-state index contributed by atoms with van der Waals surface area (Å²) in [5, 5.41) is 2.48. The number of rotatable bonds is 12. The monoisotopic (exact) mass is 578 g/mol. The number of ether oxygens (including phenoxy) is 2. The Balaban J connectivity index is 2.12. The summed E-state index contributed by atoms with van der Waals surface area (Å²) in [5.41, 5.74) is 0.265. The van der Waals surface area contributed by atoms with Crippen molar-refractivity contribution in [2.75, 3.05) is 31.4 Å². The topological polar surface area (TPSA) is 154 Å². The average Bonchev–Trinajstić information content (AvgIpc) is 2.76. The zero-order chi connectivity index (χ0) is 25.4. The highest BCUT2D eigenvalue weighted by molar-refractivity contribution is 9.10. The van der Waals surface area contributed by atoms with E-state index in [9.17, 15) is 26.4 Å². The van der Waals surface area contributed by atoms with Crippen LogP contribution < -0.4 is 14.8 Å². The molecule has 34 heavy (non-hydrogen) atoms. The van der Waals surface area contributed by atoms with E-state index in [2.05, 4.69) is 30.2 Å². The molecule has 0 heterocycles. The van der Waals surface area contributed by atoms with Gasteiger partial charge in [0.1, 0.15) is 11.8 Å². The Hall–Kier alpha value is -2.52. The molecule has 2 aromatic carbocycles. The zero-order valence-electron chi connectivity index (χ0n) is 18.2. The average molecular weight is 579 g/mol. The van der Waals surface area contributed by atoms with Crippen molar-refractivity contribution in [3.05, 3.63) is 53.0 Å². The van der Waals surface area contributed by atoms with Crippen LogP contribution in [0, 0.1) is 0 Å². The molecule has 0 aromatic heterocycles.